The summed E-state index contributed by atoms with van der Waals surface area (Å²) in [6.45, 7) is 0. The van der Waals surface area contributed by atoms with Crippen LogP contribution in [0, 0.1) is 0 Å². The molecule has 0 N–H and O–H groups in total. The van der Waals surface area contributed by atoms with E-state index in [9.17, 15) is 0 Å². The largest absolute Gasteiger partial charge is 0.310 e. The molecule has 0 atom stereocenters. The van der Waals surface area contributed by atoms with Crippen LogP contribution in [0.15, 0.2) is 291 Å². The summed E-state index contributed by atoms with van der Waals surface area (Å²) in [6, 6.07) is 107. The highest BCUT2D eigenvalue weighted by atomic mass is 32.1. The topological polar surface area (TPSA) is 6.48 Å². The Bertz CT molecular complexity index is 4420. The molecule has 0 fully saturated rings. The van der Waals surface area contributed by atoms with Gasteiger partial charge in [0.25, 0.3) is 0 Å². The van der Waals surface area contributed by atoms with E-state index in [1.165, 1.54) is 85.9 Å². The van der Waals surface area contributed by atoms with Gasteiger partial charge in [-0.25, -0.2) is 0 Å². The summed E-state index contributed by atoms with van der Waals surface area (Å²) in [7, 11) is 0. The van der Waals surface area contributed by atoms with E-state index in [-0.39, 0.29) is 0 Å². The summed E-state index contributed by atoms with van der Waals surface area (Å²) in [6.07, 6.45) is 0. The minimum atomic E-state index is 1.08. The van der Waals surface area contributed by atoms with Crippen LogP contribution in [-0.4, -0.2) is 0 Å². The van der Waals surface area contributed by atoms with Gasteiger partial charge < -0.3 is 9.80 Å². The van der Waals surface area contributed by atoms with Crippen molar-refractivity contribution in [2.24, 2.45) is 0 Å². The highest BCUT2D eigenvalue weighted by Gasteiger charge is 2.21. The van der Waals surface area contributed by atoms with Gasteiger partial charge in [0.2, 0.25) is 0 Å². The first-order valence-electron chi connectivity index (χ1n) is 25.6. The predicted octanol–water partition coefficient (Wildman–Crippen LogP) is 21.1. The summed E-state index contributed by atoms with van der Waals surface area (Å²) < 4.78 is 2.62. The number of hydrogen-bond donors (Lipinski definition) is 0. The Balaban J connectivity index is 0.878. The van der Waals surface area contributed by atoms with Crippen LogP contribution in [-0.2, 0) is 0 Å². The number of thiophene rings is 1. The number of hydrogen-bond acceptors (Lipinski definition) is 3. The second kappa shape index (κ2) is 18.8. The van der Waals surface area contributed by atoms with Gasteiger partial charge in [-0.15, -0.1) is 11.3 Å². The minimum absolute atomic E-state index is 1.08. The van der Waals surface area contributed by atoms with Crippen molar-refractivity contribution in [3.05, 3.63) is 291 Å². The molecule has 352 valence electrons. The van der Waals surface area contributed by atoms with Gasteiger partial charge in [0.15, 0.2) is 0 Å². The first-order chi connectivity index (χ1) is 37.2. The van der Waals surface area contributed by atoms with E-state index in [1.807, 2.05) is 11.3 Å². The van der Waals surface area contributed by atoms with Crippen molar-refractivity contribution in [2.75, 3.05) is 9.80 Å². The van der Waals surface area contributed by atoms with E-state index in [0.29, 0.717) is 0 Å². The number of nitrogens with zero attached hydrogens (tertiary/aromatic N) is 2. The molecule has 75 heavy (non-hydrogen) atoms. The smallest absolute Gasteiger partial charge is 0.0540 e. The zero-order valence-corrected chi connectivity index (χ0v) is 41.8. The van der Waals surface area contributed by atoms with Crippen molar-refractivity contribution in [2.45, 2.75) is 0 Å². The molecule has 0 saturated heterocycles. The number of benzene rings is 13. The third-order valence-electron chi connectivity index (χ3n) is 14.8. The normalized spacial score (nSPS) is 11.5. The van der Waals surface area contributed by atoms with Crippen LogP contribution >= 0.6 is 11.3 Å². The Morgan fingerprint density at radius 1 is 0.227 bits per heavy atom. The zero-order chi connectivity index (χ0) is 49.7. The summed E-state index contributed by atoms with van der Waals surface area (Å²) in [4.78, 5) is 4.83. The summed E-state index contributed by atoms with van der Waals surface area (Å²) in [5.74, 6) is 0. The summed E-state index contributed by atoms with van der Waals surface area (Å²) in [5.41, 5.74) is 16.1. The zero-order valence-electron chi connectivity index (χ0n) is 41.0. The first-order valence-corrected chi connectivity index (χ1v) is 26.5. The maximum atomic E-state index is 2.45. The Hall–Kier alpha value is -9.54. The third-order valence-corrected chi connectivity index (χ3v) is 15.9. The number of rotatable bonds is 10. The van der Waals surface area contributed by atoms with Gasteiger partial charge >= 0.3 is 0 Å². The van der Waals surface area contributed by atoms with Crippen molar-refractivity contribution in [3.8, 4) is 44.5 Å². The molecule has 2 nitrogen and oxygen atoms in total. The summed E-state index contributed by atoms with van der Waals surface area (Å²) >= 11 is 1.87. The van der Waals surface area contributed by atoms with E-state index < -0.39 is 0 Å². The molecule has 0 aliphatic rings. The maximum absolute atomic E-state index is 2.45. The van der Waals surface area contributed by atoms with E-state index in [1.54, 1.807) is 0 Å². The number of anilines is 6. The highest BCUT2D eigenvalue weighted by Crippen LogP contribution is 2.47. The second-order valence-electron chi connectivity index (χ2n) is 19.3. The molecule has 0 radical (unpaired) electrons. The van der Waals surface area contributed by atoms with Crippen LogP contribution < -0.4 is 9.80 Å². The molecule has 0 aliphatic carbocycles. The van der Waals surface area contributed by atoms with Crippen LogP contribution in [0.25, 0.3) is 97.0 Å². The van der Waals surface area contributed by atoms with Gasteiger partial charge in [0.1, 0.15) is 0 Å². The minimum Gasteiger partial charge on any atom is -0.310 e. The van der Waals surface area contributed by atoms with E-state index in [4.69, 9.17) is 0 Å². The molecule has 0 saturated carbocycles. The van der Waals surface area contributed by atoms with E-state index in [0.717, 1.165) is 45.3 Å². The van der Waals surface area contributed by atoms with Crippen molar-refractivity contribution < 1.29 is 0 Å². The van der Waals surface area contributed by atoms with Gasteiger partial charge in [-0.05, 0) is 150 Å². The Kier molecular flexibility index (Phi) is 11.1. The van der Waals surface area contributed by atoms with Crippen LogP contribution in [0.4, 0.5) is 34.1 Å². The molecule has 3 heteroatoms. The lowest BCUT2D eigenvalue weighted by atomic mass is 9.93. The van der Waals surface area contributed by atoms with Crippen molar-refractivity contribution in [1.29, 1.82) is 0 Å². The molecular weight excluding hydrogens is 925 g/mol. The van der Waals surface area contributed by atoms with Crippen LogP contribution in [0.2, 0.25) is 0 Å². The molecule has 13 aromatic carbocycles. The average Bonchev–Trinajstić information content (AvgIpc) is 3.89. The molecule has 14 rings (SSSR count). The third kappa shape index (κ3) is 8.17. The fraction of sp³-hybridized carbons (Fsp3) is 0. The fourth-order valence-corrected chi connectivity index (χ4v) is 12.3. The van der Waals surface area contributed by atoms with Gasteiger partial charge in [0.05, 0.1) is 5.69 Å². The van der Waals surface area contributed by atoms with Gasteiger partial charge in [-0.3, -0.25) is 0 Å². The molecule has 0 bridgehead atoms. The number of fused-ring (bicyclic) bond motifs is 6. The molecule has 0 aliphatic heterocycles. The summed E-state index contributed by atoms with van der Waals surface area (Å²) in [5, 5.41) is 9.86. The quantitative estimate of drug-likeness (QED) is 0.135. The van der Waals surface area contributed by atoms with Crippen LogP contribution in [0.1, 0.15) is 0 Å². The standard InChI is InChI=1S/C72H48N2S/c1-2-15-49(16-3-1)52-31-33-53(34-32-52)54-35-39-59(40-36-54)73(62-41-37-50-17-4-6-19-55(50)45-62)60-23-12-21-57(47-60)58-22-13-24-61(48-58)74(63-42-38-51-18-5-7-20-56(51)46-63)69-44-43-65(64-25-8-9-26-66(64)69)67-28-14-30-71-72(67)68-27-10-11-29-70(68)75-71/h1-48H. The Morgan fingerprint density at radius 2 is 0.680 bits per heavy atom. The molecule has 1 heterocycles. The Labute approximate surface area is 440 Å². The Morgan fingerprint density at radius 3 is 1.33 bits per heavy atom. The lowest BCUT2D eigenvalue weighted by Gasteiger charge is -2.28. The predicted molar refractivity (Wildman–Crippen MR) is 323 cm³/mol. The molecule has 14 aromatic rings. The lowest BCUT2D eigenvalue weighted by Crippen LogP contribution is -2.11. The molecule has 1 aromatic heterocycles. The van der Waals surface area contributed by atoms with Crippen LogP contribution in [0.5, 0.6) is 0 Å². The van der Waals surface area contributed by atoms with Gasteiger partial charge in [-0.2, -0.15) is 0 Å². The maximum Gasteiger partial charge on any atom is 0.0540 e. The molecule has 0 unspecified atom stereocenters. The van der Waals surface area contributed by atoms with Crippen LogP contribution in [0.3, 0.4) is 0 Å². The molecule has 0 amide bonds. The SMILES string of the molecule is c1ccc(-c2ccc(-c3ccc(N(c4cccc(-c5cccc(N(c6ccc7ccccc7c6)c6ccc(-c7cccc8sc9ccccc9c78)c7ccccc67)c5)c4)c4ccc5ccccc5c4)cc3)cc2)cc1. The highest BCUT2D eigenvalue weighted by molar-refractivity contribution is 7.26. The average molecular weight is 973 g/mol. The van der Waals surface area contributed by atoms with Gasteiger partial charge in [0, 0.05) is 54.0 Å². The lowest BCUT2D eigenvalue weighted by molar-refractivity contribution is 1.29. The van der Waals surface area contributed by atoms with Crippen molar-refractivity contribution in [1.82, 2.24) is 0 Å². The van der Waals surface area contributed by atoms with Crippen molar-refractivity contribution in [3.63, 3.8) is 0 Å². The molecule has 0 spiro atoms. The molecular formula is C72H48N2S. The second-order valence-corrected chi connectivity index (χ2v) is 20.4. The first kappa shape index (κ1) is 44.2. The monoisotopic (exact) mass is 972 g/mol. The van der Waals surface area contributed by atoms with Crippen molar-refractivity contribution >= 4 is 98.0 Å². The van der Waals surface area contributed by atoms with E-state index >= 15 is 0 Å². The van der Waals surface area contributed by atoms with E-state index in [2.05, 4.69) is 301 Å². The fourth-order valence-electron chi connectivity index (χ4n) is 11.2. The van der Waals surface area contributed by atoms with Gasteiger partial charge in [-0.1, -0.05) is 212 Å².